The largest absolute Gasteiger partial charge is 0.480 e. The number of aromatic nitrogens is 2. The van der Waals surface area contributed by atoms with Crippen LogP contribution in [0.5, 0.6) is 5.75 Å². The van der Waals surface area contributed by atoms with E-state index >= 15 is 0 Å². The SMILES string of the molecule is CCn1ncc(Br)c1C(=O)C1CSc2ccccc2O1. The number of aryl methyl sites for hydroxylation is 1. The van der Waals surface area contributed by atoms with Gasteiger partial charge < -0.3 is 4.74 Å². The normalized spacial score (nSPS) is 17.4. The second-order valence-electron chi connectivity index (χ2n) is 4.39. The molecule has 2 heterocycles. The molecular weight excluding hydrogens is 340 g/mol. The predicted molar refractivity (Wildman–Crippen MR) is 81.5 cm³/mol. The van der Waals surface area contributed by atoms with Gasteiger partial charge >= 0.3 is 0 Å². The molecule has 1 aromatic heterocycles. The van der Waals surface area contributed by atoms with Crippen LogP contribution >= 0.6 is 27.7 Å². The minimum Gasteiger partial charge on any atom is -0.480 e. The third-order valence-corrected chi connectivity index (χ3v) is 4.83. The number of nitrogens with zero attached hydrogens (tertiary/aromatic N) is 2. The highest BCUT2D eigenvalue weighted by Crippen LogP contribution is 2.36. The van der Waals surface area contributed by atoms with Crippen LogP contribution in [0, 0.1) is 0 Å². The molecule has 3 rings (SSSR count). The molecule has 0 fully saturated rings. The topological polar surface area (TPSA) is 44.1 Å². The summed E-state index contributed by atoms with van der Waals surface area (Å²) in [5.74, 6) is 1.37. The molecule has 1 aliphatic rings. The van der Waals surface area contributed by atoms with Gasteiger partial charge in [0.2, 0.25) is 5.78 Å². The zero-order valence-corrected chi connectivity index (χ0v) is 13.3. The maximum atomic E-state index is 12.6. The number of hydrogen-bond acceptors (Lipinski definition) is 4. The molecule has 0 amide bonds. The van der Waals surface area contributed by atoms with E-state index < -0.39 is 6.10 Å². The van der Waals surface area contributed by atoms with Gasteiger partial charge in [0.05, 0.1) is 10.7 Å². The van der Waals surface area contributed by atoms with Gasteiger partial charge in [-0.25, -0.2) is 0 Å². The molecule has 0 N–H and O–H groups in total. The first-order valence-electron chi connectivity index (χ1n) is 6.34. The lowest BCUT2D eigenvalue weighted by atomic mass is 10.2. The number of rotatable bonds is 3. The fraction of sp³-hybridized carbons (Fsp3) is 0.286. The van der Waals surface area contributed by atoms with Crippen LogP contribution in [0.3, 0.4) is 0 Å². The number of fused-ring (bicyclic) bond motifs is 1. The maximum absolute atomic E-state index is 12.6. The van der Waals surface area contributed by atoms with Gasteiger partial charge in [-0.2, -0.15) is 5.10 Å². The van der Waals surface area contributed by atoms with Crippen LogP contribution in [-0.4, -0.2) is 27.4 Å². The number of thioether (sulfide) groups is 1. The minimum absolute atomic E-state index is 0.0294. The number of hydrogen-bond donors (Lipinski definition) is 0. The molecule has 0 radical (unpaired) electrons. The van der Waals surface area contributed by atoms with Crippen molar-refractivity contribution in [2.75, 3.05) is 5.75 Å². The van der Waals surface area contributed by atoms with Gasteiger partial charge in [0.15, 0.2) is 6.10 Å². The van der Waals surface area contributed by atoms with Crippen LogP contribution < -0.4 is 4.74 Å². The molecule has 0 bridgehead atoms. The number of carbonyl (C=O) groups is 1. The van der Waals surface area contributed by atoms with E-state index in [4.69, 9.17) is 4.74 Å². The number of Topliss-reactive ketones (excluding diaryl/α,β-unsaturated/α-hetero) is 1. The molecule has 1 aliphatic heterocycles. The van der Waals surface area contributed by atoms with Crippen molar-refractivity contribution in [3.05, 3.63) is 40.6 Å². The first kappa shape index (κ1) is 13.7. The second-order valence-corrected chi connectivity index (χ2v) is 6.30. The summed E-state index contributed by atoms with van der Waals surface area (Å²) in [6.07, 6.45) is 1.19. The lowest BCUT2D eigenvalue weighted by molar-refractivity contribution is 0.0803. The summed E-state index contributed by atoms with van der Waals surface area (Å²) >= 11 is 5.04. The number of ether oxygens (including phenoxy) is 1. The van der Waals surface area contributed by atoms with Crippen LogP contribution in [-0.2, 0) is 6.54 Å². The smallest absolute Gasteiger partial charge is 0.223 e. The molecule has 0 spiro atoms. The first-order valence-corrected chi connectivity index (χ1v) is 8.12. The van der Waals surface area contributed by atoms with Crippen molar-refractivity contribution in [3.8, 4) is 5.75 Å². The molecule has 0 saturated carbocycles. The summed E-state index contributed by atoms with van der Waals surface area (Å²) in [6, 6.07) is 7.79. The van der Waals surface area contributed by atoms with Gasteiger partial charge in [-0.05, 0) is 35.0 Å². The van der Waals surface area contributed by atoms with Crippen LogP contribution in [0.1, 0.15) is 17.4 Å². The summed E-state index contributed by atoms with van der Waals surface area (Å²) < 4.78 is 8.25. The average Bonchev–Trinajstić information content (AvgIpc) is 2.87. The Labute approximate surface area is 129 Å². The monoisotopic (exact) mass is 352 g/mol. The van der Waals surface area contributed by atoms with Gasteiger partial charge in [0.1, 0.15) is 11.4 Å². The van der Waals surface area contributed by atoms with Crippen molar-refractivity contribution in [1.29, 1.82) is 0 Å². The minimum atomic E-state index is -0.465. The fourth-order valence-electron chi connectivity index (χ4n) is 2.15. The van der Waals surface area contributed by atoms with Gasteiger partial charge in [-0.1, -0.05) is 12.1 Å². The Bertz CT molecular complexity index is 656. The van der Waals surface area contributed by atoms with Gasteiger partial charge in [-0.15, -0.1) is 11.8 Å². The van der Waals surface area contributed by atoms with E-state index in [0.717, 1.165) is 15.1 Å². The number of halogens is 1. The van der Waals surface area contributed by atoms with E-state index in [1.54, 1.807) is 22.6 Å². The Balaban J connectivity index is 1.88. The van der Waals surface area contributed by atoms with E-state index in [9.17, 15) is 4.79 Å². The first-order chi connectivity index (χ1) is 9.70. The van der Waals surface area contributed by atoms with Gasteiger partial charge in [0, 0.05) is 17.2 Å². The highest BCUT2D eigenvalue weighted by Gasteiger charge is 2.30. The molecule has 1 unspecified atom stereocenters. The van der Waals surface area contributed by atoms with E-state index in [1.807, 2.05) is 31.2 Å². The van der Waals surface area contributed by atoms with Crippen molar-refractivity contribution in [2.24, 2.45) is 0 Å². The summed E-state index contributed by atoms with van der Waals surface area (Å²) in [7, 11) is 0. The second kappa shape index (κ2) is 5.61. The lowest BCUT2D eigenvalue weighted by Gasteiger charge is -2.24. The molecule has 0 saturated heterocycles. The number of para-hydroxylation sites is 1. The number of benzene rings is 1. The average molecular weight is 353 g/mol. The van der Waals surface area contributed by atoms with Crippen molar-refractivity contribution in [3.63, 3.8) is 0 Å². The lowest BCUT2D eigenvalue weighted by Crippen LogP contribution is -2.34. The predicted octanol–water partition coefficient (Wildman–Crippen LogP) is 3.40. The van der Waals surface area contributed by atoms with E-state index in [-0.39, 0.29) is 5.78 Å². The van der Waals surface area contributed by atoms with Crippen molar-refractivity contribution < 1.29 is 9.53 Å². The molecule has 2 aromatic rings. The maximum Gasteiger partial charge on any atom is 0.223 e. The zero-order chi connectivity index (χ0) is 14.1. The summed E-state index contributed by atoms with van der Waals surface area (Å²) in [5, 5.41) is 4.18. The Morgan fingerprint density at radius 3 is 3.15 bits per heavy atom. The standard InChI is InChI=1S/C14H13BrN2O2S/c1-2-17-13(9(15)7-16-17)14(18)11-8-20-12-6-4-3-5-10(12)19-11/h3-7,11H,2,8H2,1H3. The molecule has 20 heavy (non-hydrogen) atoms. The van der Waals surface area contributed by atoms with Crippen molar-refractivity contribution in [1.82, 2.24) is 9.78 Å². The van der Waals surface area contributed by atoms with Crippen molar-refractivity contribution in [2.45, 2.75) is 24.5 Å². The highest BCUT2D eigenvalue weighted by molar-refractivity contribution is 9.10. The summed E-state index contributed by atoms with van der Waals surface area (Å²) in [4.78, 5) is 13.7. The molecule has 4 nitrogen and oxygen atoms in total. The molecular formula is C14H13BrN2O2S. The van der Waals surface area contributed by atoms with E-state index in [0.29, 0.717) is 18.0 Å². The van der Waals surface area contributed by atoms with Gasteiger partial charge in [0.25, 0.3) is 0 Å². The molecule has 104 valence electrons. The number of ketones is 1. The van der Waals surface area contributed by atoms with Crippen molar-refractivity contribution >= 4 is 33.5 Å². The number of carbonyl (C=O) groups excluding carboxylic acids is 1. The third-order valence-electron chi connectivity index (χ3n) is 3.13. The van der Waals surface area contributed by atoms with E-state index in [2.05, 4.69) is 21.0 Å². The Hall–Kier alpha value is -1.27. The van der Waals surface area contributed by atoms with E-state index in [1.165, 1.54) is 0 Å². The molecule has 1 aromatic carbocycles. The van der Waals surface area contributed by atoms with Crippen LogP contribution in [0.25, 0.3) is 0 Å². The summed E-state index contributed by atoms with van der Waals surface area (Å²) in [5.41, 5.74) is 0.581. The zero-order valence-electron chi connectivity index (χ0n) is 10.9. The van der Waals surface area contributed by atoms with Crippen LogP contribution in [0.15, 0.2) is 39.8 Å². The van der Waals surface area contributed by atoms with Crippen LogP contribution in [0.4, 0.5) is 0 Å². The molecule has 1 atom stereocenters. The summed E-state index contributed by atoms with van der Waals surface area (Å²) in [6.45, 7) is 2.62. The Morgan fingerprint density at radius 2 is 2.35 bits per heavy atom. The third kappa shape index (κ3) is 2.38. The highest BCUT2D eigenvalue weighted by atomic mass is 79.9. The Morgan fingerprint density at radius 1 is 1.55 bits per heavy atom. The van der Waals surface area contributed by atoms with Crippen LogP contribution in [0.2, 0.25) is 0 Å². The van der Waals surface area contributed by atoms with Gasteiger partial charge in [-0.3, -0.25) is 9.48 Å². The quantitative estimate of drug-likeness (QED) is 0.794. The molecule has 6 heteroatoms. The fourth-order valence-corrected chi connectivity index (χ4v) is 3.62. The molecule has 0 aliphatic carbocycles. The Kier molecular flexibility index (Phi) is 3.85.